The molecule has 0 unspecified atom stereocenters. The first-order valence-electron chi connectivity index (χ1n) is 7.53. The minimum absolute atomic E-state index is 0.0977. The predicted molar refractivity (Wildman–Crippen MR) is 90.4 cm³/mol. The van der Waals surface area contributed by atoms with E-state index in [-0.39, 0.29) is 17.0 Å². The van der Waals surface area contributed by atoms with Gasteiger partial charge in [0.2, 0.25) is 5.91 Å². The van der Waals surface area contributed by atoms with Gasteiger partial charge in [0.15, 0.2) is 0 Å². The molecule has 0 spiro atoms. The SMILES string of the molecule is COC(=O)c1cc([N+](=O)[O-])c(=O)n(CC(=O)Nc2ccccc2OC(F)F)c1. The number of nitrogens with zero attached hydrogens (tertiary/aromatic N) is 2. The Kier molecular flexibility index (Phi) is 6.37. The number of esters is 1. The minimum atomic E-state index is -3.12. The molecule has 1 amide bonds. The molecule has 0 aliphatic rings. The number of benzene rings is 1. The van der Waals surface area contributed by atoms with Crippen LogP contribution in [0.2, 0.25) is 0 Å². The third-order valence-corrected chi connectivity index (χ3v) is 3.38. The zero-order chi connectivity index (χ0) is 20.8. The molecule has 0 bridgehead atoms. The van der Waals surface area contributed by atoms with Crippen LogP contribution >= 0.6 is 0 Å². The van der Waals surface area contributed by atoms with Crippen LogP contribution in [0.25, 0.3) is 0 Å². The number of nitro groups is 1. The molecule has 2 rings (SSSR count). The Morgan fingerprint density at radius 2 is 2.00 bits per heavy atom. The first-order chi connectivity index (χ1) is 13.2. The van der Waals surface area contributed by atoms with E-state index >= 15 is 0 Å². The summed E-state index contributed by atoms with van der Waals surface area (Å²) in [6.07, 6.45) is 0.919. The fraction of sp³-hybridized carbons (Fsp3) is 0.188. The van der Waals surface area contributed by atoms with Gasteiger partial charge in [-0.05, 0) is 12.1 Å². The van der Waals surface area contributed by atoms with Gasteiger partial charge >= 0.3 is 23.8 Å². The largest absolute Gasteiger partial charge is 0.465 e. The zero-order valence-corrected chi connectivity index (χ0v) is 14.3. The normalized spacial score (nSPS) is 10.4. The van der Waals surface area contributed by atoms with E-state index in [4.69, 9.17) is 0 Å². The molecular formula is C16H13F2N3O7. The van der Waals surface area contributed by atoms with Gasteiger partial charge in [-0.1, -0.05) is 12.1 Å². The number of carbonyl (C=O) groups is 2. The lowest BCUT2D eigenvalue weighted by molar-refractivity contribution is -0.386. The second-order valence-electron chi connectivity index (χ2n) is 5.22. The van der Waals surface area contributed by atoms with E-state index in [1.807, 2.05) is 0 Å². The molecule has 1 N–H and O–H groups in total. The van der Waals surface area contributed by atoms with E-state index in [0.717, 1.165) is 19.4 Å². The van der Waals surface area contributed by atoms with E-state index in [1.165, 1.54) is 24.3 Å². The van der Waals surface area contributed by atoms with Crippen molar-refractivity contribution >= 4 is 23.3 Å². The van der Waals surface area contributed by atoms with E-state index < -0.39 is 41.2 Å². The van der Waals surface area contributed by atoms with Gasteiger partial charge in [0.25, 0.3) is 0 Å². The number of alkyl halides is 2. The molecule has 0 aliphatic heterocycles. The van der Waals surface area contributed by atoms with E-state index in [2.05, 4.69) is 14.8 Å². The summed E-state index contributed by atoms with van der Waals surface area (Å²) >= 11 is 0. The van der Waals surface area contributed by atoms with Crippen LogP contribution in [0, 0.1) is 10.1 Å². The van der Waals surface area contributed by atoms with Crippen LogP contribution in [-0.4, -0.2) is 35.1 Å². The number of hydrogen-bond acceptors (Lipinski definition) is 7. The summed E-state index contributed by atoms with van der Waals surface area (Å²) in [4.78, 5) is 46.0. The quantitative estimate of drug-likeness (QED) is 0.428. The Bertz CT molecular complexity index is 975. The zero-order valence-electron chi connectivity index (χ0n) is 14.3. The number of halogens is 2. The highest BCUT2D eigenvalue weighted by Crippen LogP contribution is 2.25. The standard InChI is InChI=1S/C16H13F2N3O7/c1-27-15(24)9-6-11(21(25)26)14(23)20(7-9)8-13(22)19-10-4-2-3-5-12(10)28-16(17)18/h2-7,16H,8H2,1H3,(H,19,22). The Morgan fingerprint density at radius 1 is 1.32 bits per heavy atom. The highest BCUT2D eigenvalue weighted by molar-refractivity contribution is 5.92. The van der Waals surface area contributed by atoms with Crippen LogP contribution in [-0.2, 0) is 16.1 Å². The van der Waals surface area contributed by atoms with Gasteiger partial charge in [0, 0.05) is 12.3 Å². The van der Waals surface area contributed by atoms with Crippen LogP contribution in [0.5, 0.6) is 5.75 Å². The summed E-state index contributed by atoms with van der Waals surface area (Å²) in [5, 5.41) is 13.3. The highest BCUT2D eigenvalue weighted by Gasteiger charge is 2.21. The summed E-state index contributed by atoms with van der Waals surface area (Å²) in [6.45, 7) is -3.85. The third kappa shape index (κ3) is 4.87. The van der Waals surface area contributed by atoms with Crippen molar-refractivity contribution in [1.82, 2.24) is 4.57 Å². The molecule has 0 atom stereocenters. The fourth-order valence-electron chi connectivity index (χ4n) is 2.21. The number of nitrogens with one attached hydrogen (secondary N) is 1. The molecule has 0 aliphatic carbocycles. The maximum atomic E-state index is 12.4. The van der Waals surface area contributed by atoms with E-state index in [0.29, 0.717) is 4.57 Å². The molecular weight excluding hydrogens is 384 g/mol. The van der Waals surface area contributed by atoms with Crippen molar-refractivity contribution < 1.29 is 32.8 Å². The van der Waals surface area contributed by atoms with Gasteiger partial charge in [-0.15, -0.1) is 0 Å². The lowest BCUT2D eigenvalue weighted by Crippen LogP contribution is -2.29. The summed E-state index contributed by atoms with van der Waals surface area (Å²) in [5.41, 5.74) is -2.48. The Labute approximate surface area is 155 Å². The second-order valence-corrected chi connectivity index (χ2v) is 5.22. The number of aromatic nitrogens is 1. The molecule has 1 aromatic heterocycles. The smallest absolute Gasteiger partial charge is 0.387 e. The van der Waals surface area contributed by atoms with Crippen LogP contribution in [0.3, 0.4) is 0 Å². The lowest BCUT2D eigenvalue weighted by atomic mass is 10.2. The van der Waals surface area contributed by atoms with Crippen LogP contribution in [0.15, 0.2) is 41.3 Å². The van der Waals surface area contributed by atoms with Crippen molar-refractivity contribution in [1.29, 1.82) is 0 Å². The molecule has 2 aromatic rings. The average Bonchev–Trinajstić information content (AvgIpc) is 2.63. The monoisotopic (exact) mass is 397 g/mol. The average molecular weight is 397 g/mol. The molecule has 1 heterocycles. The minimum Gasteiger partial charge on any atom is -0.465 e. The Hall–Kier alpha value is -3.83. The summed E-state index contributed by atoms with van der Waals surface area (Å²) in [6, 6.07) is 6.06. The van der Waals surface area contributed by atoms with E-state index in [9.17, 15) is 33.3 Å². The molecule has 12 heteroatoms. The summed E-state index contributed by atoms with van der Waals surface area (Å²) in [7, 11) is 1.04. The molecule has 1 aromatic carbocycles. The summed E-state index contributed by atoms with van der Waals surface area (Å²) < 4.78 is 34.2. The lowest BCUT2D eigenvalue weighted by Gasteiger charge is -2.12. The van der Waals surface area contributed by atoms with Crippen molar-refractivity contribution in [2.45, 2.75) is 13.2 Å². The van der Waals surface area contributed by atoms with Crippen LogP contribution < -0.4 is 15.6 Å². The van der Waals surface area contributed by atoms with Gasteiger partial charge in [-0.25, -0.2) is 4.79 Å². The number of methoxy groups -OCH3 is 1. The number of ether oxygens (including phenoxy) is 2. The number of rotatable bonds is 7. The molecule has 0 fully saturated rings. The van der Waals surface area contributed by atoms with Gasteiger partial charge in [-0.2, -0.15) is 8.78 Å². The number of amides is 1. The highest BCUT2D eigenvalue weighted by atomic mass is 19.3. The fourth-order valence-corrected chi connectivity index (χ4v) is 2.21. The molecule has 0 radical (unpaired) electrons. The van der Waals surface area contributed by atoms with Crippen molar-refractivity contribution in [3.63, 3.8) is 0 Å². The number of carbonyl (C=O) groups excluding carboxylic acids is 2. The second kappa shape index (κ2) is 8.70. The van der Waals surface area contributed by atoms with Gasteiger partial charge in [0.1, 0.15) is 12.3 Å². The van der Waals surface area contributed by atoms with Gasteiger partial charge < -0.3 is 14.8 Å². The number of pyridine rings is 1. The topological polar surface area (TPSA) is 130 Å². The van der Waals surface area contributed by atoms with Crippen LogP contribution in [0.1, 0.15) is 10.4 Å². The van der Waals surface area contributed by atoms with Crippen molar-refractivity contribution in [3.8, 4) is 5.75 Å². The maximum absolute atomic E-state index is 12.4. The van der Waals surface area contributed by atoms with Gasteiger partial charge in [-0.3, -0.25) is 24.3 Å². The number of hydrogen-bond donors (Lipinski definition) is 1. The van der Waals surface area contributed by atoms with Gasteiger partial charge in [0.05, 0.1) is 23.3 Å². The third-order valence-electron chi connectivity index (χ3n) is 3.38. The van der Waals surface area contributed by atoms with E-state index in [1.54, 1.807) is 0 Å². The molecule has 0 saturated carbocycles. The predicted octanol–water partition coefficient (Wildman–Crippen LogP) is 1.78. The Morgan fingerprint density at radius 3 is 2.61 bits per heavy atom. The number of anilines is 1. The van der Waals surface area contributed by atoms with Crippen LogP contribution in [0.4, 0.5) is 20.2 Å². The van der Waals surface area contributed by atoms with Crippen molar-refractivity contribution in [2.24, 2.45) is 0 Å². The first kappa shape index (κ1) is 20.5. The molecule has 148 valence electrons. The molecule has 10 nitrogen and oxygen atoms in total. The van der Waals surface area contributed by atoms with Crippen molar-refractivity contribution in [3.05, 3.63) is 62.6 Å². The number of para-hydroxylation sites is 2. The molecule has 0 saturated heterocycles. The Balaban J connectivity index is 2.32. The first-order valence-corrected chi connectivity index (χ1v) is 7.53. The molecule has 28 heavy (non-hydrogen) atoms. The van der Waals surface area contributed by atoms with Crippen molar-refractivity contribution in [2.75, 3.05) is 12.4 Å². The summed E-state index contributed by atoms with van der Waals surface area (Å²) in [5.74, 6) is -2.14. The maximum Gasteiger partial charge on any atom is 0.387 e.